The maximum absolute atomic E-state index is 12.9. The van der Waals surface area contributed by atoms with Gasteiger partial charge in [0.25, 0.3) is 5.91 Å². The molecule has 3 heterocycles. The van der Waals surface area contributed by atoms with Crippen molar-refractivity contribution in [2.24, 2.45) is 0 Å². The van der Waals surface area contributed by atoms with Gasteiger partial charge >= 0.3 is 0 Å². The summed E-state index contributed by atoms with van der Waals surface area (Å²) in [5, 5.41) is 8.31. The number of nitrogens with zero attached hydrogens (tertiary/aromatic N) is 5. The third-order valence-corrected chi connectivity index (χ3v) is 4.12. The van der Waals surface area contributed by atoms with E-state index in [1.807, 2.05) is 49.4 Å². The fourth-order valence-corrected chi connectivity index (χ4v) is 2.88. The molecule has 0 aliphatic rings. The lowest BCUT2D eigenvalue weighted by Gasteiger charge is -2.14. The summed E-state index contributed by atoms with van der Waals surface area (Å²) in [7, 11) is 1.72. The molecule has 0 radical (unpaired) electrons. The third-order valence-electron chi connectivity index (χ3n) is 4.12. The average Bonchev–Trinajstić information content (AvgIpc) is 3.27. The van der Waals surface area contributed by atoms with Crippen molar-refractivity contribution < 1.29 is 9.32 Å². The highest BCUT2D eigenvalue weighted by Gasteiger charge is 2.20. The Balaban J connectivity index is 1.68. The van der Waals surface area contributed by atoms with E-state index in [1.165, 1.54) is 0 Å². The lowest BCUT2D eigenvalue weighted by Crippen LogP contribution is -2.26. The molecular formula is C19H17N5O2. The molecule has 0 aliphatic heterocycles. The van der Waals surface area contributed by atoms with Gasteiger partial charge in [-0.05, 0) is 13.0 Å². The Morgan fingerprint density at radius 3 is 2.77 bits per heavy atom. The number of amides is 1. The van der Waals surface area contributed by atoms with E-state index in [0.717, 1.165) is 11.3 Å². The zero-order valence-corrected chi connectivity index (χ0v) is 14.5. The molecule has 1 aromatic carbocycles. The van der Waals surface area contributed by atoms with Crippen LogP contribution in [0.4, 0.5) is 0 Å². The number of fused-ring (bicyclic) bond motifs is 1. The number of hydrogen-bond acceptors (Lipinski definition) is 5. The van der Waals surface area contributed by atoms with Crippen LogP contribution in [0.2, 0.25) is 0 Å². The lowest BCUT2D eigenvalue weighted by molar-refractivity contribution is 0.0784. The molecule has 0 aliphatic carbocycles. The maximum atomic E-state index is 12.9. The molecule has 3 aromatic heterocycles. The summed E-state index contributed by atoms with van der Waals surface area (Å²) in [5.41, 5.74) is 3.57. The number of benzene rings is 1. The van der Waals surface area contributed by atoms with Gasteiger partial charge in [0.15, 0.2) is 5.65 Å². The maximum Gasteiger partial charge on any atom is 0.259 e. The van der Waals surface area contributed by atoms with Crippen LogP contribution in [0.15, 0.2) is 59.4 Å². The minimum absolute atomic E-state index is 0.168. The molecule has 0 bridgehead atoms. The van der Waals surface area contributed by atoms with Crippen molar-refractivity contribution in [3.63, 3.8) is 0 Å². The van der Waals surface area contributed by atoms with Crippen LogP contribution in [0.3, 0.4) is 0 Å². The van der Waals surface area contributed by atoms with Crippen molar-refractivity contribution in [2.45, 2.75) is 13.5 Å². The molecule has 0 unspecified atom stereocenters. The Labute approximate surface area is 149 Å². The standard InChI is InChI=1S/C19H17N5O2/c1-13-10-15(22-26-13)12-23(2)19(25)16-11-21-24-17(8-9-20-18(16)24)14-6-4-3-5-7-14/h3-11H,12H2,1-2H3. The van der Waals surface area contributed by atoms with E-state index in [4.69, 9.17) is 4.52 Å². The highest BCUT2D eigenvalue weighted by molar-refractivity contribution is 5.99. The molecule has 0 saturated carbocycles. The van der Waals surface area contributed by atoms with Crippen LogP contribution in [0, 0.1) is 6.92 Å². The molecule has 4 aromatic rings. The Kier molecular flexibility index (Phi) is 3.96. The first-order valence-electron chi connectivity index (χ1n) is 8.19. The summed E-state index contributed by atoms with van der Waals surface area (Å²) in [4.78, 5) is 18.8. The van der Waals surface area contributed by atoms with Gasteiger partial charge in [0.05, 0.1) is 18.4 Å². The zero-order chi connectivity index (χ0) is 18.1. The number of aryl methyl sites for hydroxylation is 1. The third kappa shape index (κ3) is 2.83. The summed E-state index contributed by atoms with van der Waals surface area (Å²) < 4.78 is 6.75. The van der Waals surface area contributed by atoms with Crippen molar-refractivity contribution in [1.82, 2.24) is 24.7 Å². The van der Waals surface area contributed by atoms with Gasteiger partial charge in [0.2, 0.25) is 0 Å². The lowest BCUT2D eigenvalue weighted by atomic mass is 10.1. The van der Waals surface area contributed by atoms with E-state index in [2.05, 4.69) is 15.2 Å². The normalized spacial score (nSPS) is 11.0. The molecule has 7 heteroatoms. The Bertz CT molecular complexity index is 1070. The average molecular weight is 347 g/mol. The second-order valence-electron chi connectivity index (χ2n) is 6.08. The van der Waals surface area contributed by atoms with Crippen LogP contribution in [-0.4, -0.2) is 37.6 Å². The Morgan fingerprint density at radius 2 is 2.04 bits per heavy atom. The Morgan fingerprint density at radius 1 is 1.23 bits per heavy atom. The van der Waals surface area contributed by atoms with Crippen molar-refractivity contribution in [3.8, 4) is 11.3 Å². The molecular weight excluding hydrogens is 330 g/mol. The first-order chi connectivity index (χ1) is 12.6. The number of aromatic nitrogens is 4. The summed E-state index contributed by atoms with van der Waals surface area (Å²) in [6, 6.07) is 13.6. The van der Waals surface area contributed by atoms with Gasteiger partial charge in [-0.1, -0.05) is 35.5 Å². The monoisotopic (exact) mass is 347 g/mol. The molecule has 0 fully saturated rings. The van der Waals surface area contributed by atoms with Gasteiger partial charge in [-0.15, -0.1) is 0 Å². The molecule has 0 saturated heterocycles. The minimum Gasteiger partial charge on any atom is -0.361 e. The van der Waals surface area contributed by atoms with Gasteiger partial charge in [-0.2, -0.15) is 5.10 Å². The van der Waals surface area contributed by atoms with Gasteiger partial charge in [0.1, 0.15) is 17.0 Å². The summed E-state index contributed by atoms with van der Waals surface area (Å²) in [5.74, 6) is 0.546. The van der Waals surface area contributed by atoms with Gasteiger partial charge < -0.3 is 9.42 Å². The first-order valence-corrected chi connectivity index (χ1v) is 8.19. The van der Waals surface area contributed by atoms with E-state index >= 15 is 0 Å². The van der Waals surface area contributed by atoms with Crippen LogP contribution in [-0.2, 0) is 6.54 Å². The highest BCUT2D eigenvalue weighted by atomic mass is 16.5. The van der Waals surface area contributed by atoms with Crippen molar-refractivity contribution in [2.75, 3.05) is 7.05 Å². The van der Waals surface area contributed by atoms with E-state index in [9.17, 15) is 4.79 Å². The van der Waals surface area contributed by atoms with E-state index < -0.39 is 0 Å². The number of carbonyl (C=O) groups is 1. The molecule has 0 atom stereocenters. The van der Waals surface area contributed by atoms with Crippen molar-refractivity contribution >= 4 is 11.6 Å². The molecule has 1 amide bonds. The quantitative estimate of drug-likeness (QED) is 0.567. The van der Waals surface area contributed by atoms with Crippen LogP contribution >= 0.6 is 0 Å². The van der Waals surface area contributed by atoms with Gasteiger partial charge in [-0.3, -0.25) is 4.79 Å². The predicted molar refractivity (Wildman–Crippen MR) is 95.5 cm³/mol. The molecule has 130 valence electrons. The van der Waals surface area contributed by atoms with Crippen molar-refractivity contribution in [3.05, 3.63) is 71.9 Å². The largest absolute Gasteiger partial charge is 0.361 e. The van der Waals surface area contributed by atoms with Crippen LogP contribution < -0.4 is 0 Å². The second-order valence-corrected chi connectivity index (χ2v) is 6.08. The summed E-state index contributed by atoms with van der Waals surface area (Å²) >= 11 is 0. The number of rotatable bonds is 4. The predicted octanol–water partition coefficient (Wildman–Crippen LogP) is 2.96. The summed E-state index contributed by atoms with van der Waals surface area (Å²) in [6.07, 6.45) is 3.25. The van der Waals surface area contributed by atoms with Crippen LogP contribution in [0.1, 0.15) is 21.8 Å². The van der Waals surface area contributed by atoms with Crippen LogP contribution in [0.25, 0.3) is 16.9 Å². The highest BCUT2D eigenvalue weighted by Crippen LogP contribution is 2.21. The van der Waals surface area contributed by atoms with Gasteiger partial charge in [0, 0.05) is 24.9 Å². The smallest absolute Gasteiger partial charge is 0.259 e. The second kappa shape index (κ2) is 6.44. The number of carbonyl (C=O) groups excluding carboxylic acids is 1. The van der Waals surface area contributed by atoms with E-state index in [0.29, 0.717) is 29.2 Å². The van der Waals surface area contributed by atoms with Gasteiger partial charge in [-0.25, -0.2) is 9.50 Å². The molecule has 0 N–H and O–H groups in total. The molecule has 7 nitrogen and oxygen atoms in total. The Hall–Kier alpha value is -3.48. The number of hydrogen-bond donors (Lipinski definition) is 0. The van der Waals surface area contributed by atoms with Crippen molar-refractivity contribution in [1.29, 1.82) is 0 Å². The first kappa shape index (κ1) is 16.0. The molecule has 0 spiro atoms. The van der Waals surface area contributed by atoms with Crippen LogP contribution in [0.5, 0.6) is 0 Å². The minimum atomic E-state index is -0.168. The topological polar surface area (TPSA) is 76.5 Å². The fraction of sp³-hybridized carbons (Fsp3) is 0.158. The fourth-order valence-electron chi connectivity index (χ4n) is 2.88. The molecule has 26 heavy (non-hydrogen) atoms. The molecule has 4 rings (SSSR count). The van der Waals surface area contributed by atoms with E-state index in [-0.39, 0.29) is 5.91 Å². The zero-order valence-electron chi connectivity index (χ0n) is 14.5. The SMILES string of the molecule is Cc1cc(CN(C)C(=O)c2cnn3c(-c4ccccc4)ccnc23)no1. The van der Waals surface area contributed by atoms with E-state index in [1.54, 1.807) is 28.9 Å². The summed E-state index contributed by atoms with van der Waals surface area (Å²) in [6.45, 7) is 2.17.